The molecule has 0 saturated carbocycles. The molecule has 7 heteroatoms. The predicted octanol–water partition coefficient (Wildman–Crippen LogP) is 3.70. The minimum Gasteiger partial charge on any atom is -0.469 e. The zero-order chi connectivity index (χ0) is 19.9. The van der Waals surface area contributed by atoms with Crippen molar-refractivity contribution in [2.75, 3.05) is 20.2 Å². The molecule has 148 valence electrons. The van der Waals surface area contributed by atoms with Crippen LogP contribution >= 0.6 is 15.9 Å². The Hall–Kier alpha value is -2.28. The molecule has 1 saturated heterocycles. The van der Waals surface area contributed by atoms with Crippen LogP contribution in [0.5, 0.6) is 0 Å². The van der Waals surface area contributed by atoms with E-state index in [4.69, 9.17) is 4.74 Å². The van der Waals surface area contributed by atoms with E-state index in [1.807, 2.05) is 0 Å². The highest BCUT2D eigenvalue weighted by molar-refractivity contribution is 9.10. The Morgan fingerprint density at radius 2 is 2.07 bits per heavy atom. The summed E-state index contributed by atoms with van der Waals surface area (Å²) >= 11 is 3.35. The van der Waals surface area contributed by atoms with E-state index in [9.17, 15) is 9.59 Å². The summed E-state index contributed by atoms with van der Waals surface area (Å²) in [6.07, 6.45) is 15.4. The maximum absolute atomic E-state index is 12.4. The van der Waals surface area contributed by atoms with E-state index in [1.54, 1.807) is 17.3 Å². The van der Waals surface area contributed by atoms with Gasteiger partial charge in [0.25, 0.3) is 0 Å². The second-order valence-corrected chi connectivity index (χ2v) is 7.88. The first-order chi connectivity index (χ1) is 13.6. The van der Waals surface area contributed by atoms with Crippen LogP contribution in [0.1, 0.15) is 37.9 Å². The summed E-state index contributed by atoms with van der Waals surface area (Å²) in [5.41, 5.74) is 2.26. The molecule has 1 fully saturated rings. The predicted molar refractivity (Wildman–Crippen MR) is 110 cm³/mol. The van der Waals surface area contributed by atoms with E-state index in [-0.39, 0.29) is 17.8 Å². The van der Waals surface area contributed by atoms with E-state index >= 15 is 0 Å². The van der Waals surface area contributed by atoms with E-state index < -0.39 is 0 Å². The van der Waals surface area contributed by atoms with Crippen LogP contribution < -0.4 is 0 Å². The fourth-order valence-electron chi connectivity index (χ4n) is 3.43. The number of hydrogen-bond acceptors (Lipinski definition) is 5. The van der Waals surface area contributed by atoms with Gasteiger partial charge in [0.15, 0.2) is 5.82 Å². The number of likely N-dealkylation sites (tertiary alicyclic amines) is 1. The number of nitrogens with zero attached hydrogens (tertiary/aromatic N) is 3. The maximum atomic E-state index is 12.4. The summed E-state index contributed by atoms with van der Waals surface area (Å²) < 4.78 is 5.63. The highest BCUT2D eigenvalue weighted by Gasteiger charge is 2.31. The van der Waals surface area contributed by atoms with Crippen molar-refractivity contribution in [3.8, 4) is 0 Å². The molecule has 0 spiro atoms. The monoisotopic (exact) mass is 445 g/mol. The van der Waals surface area contributed by atoms with Crippen molar-refractivity contribution in [1.29, 1.82) is 0 Å². The highest BCUT2D eigenvalue weighted by Crippen LogP contribution is 2.23. The number of allylic oxidation sites excluding steroid dienone is 6. The molecule has 1 amide bonds. The number of methoxy groups -OCH3 is 1. The fraction of sp³-hybridized carbons (Fsp3) is 0.429. The number of esters is 1. The minimum absolute atomic E-state index is 0.115. The number of aromatic nitrogens is 2. The summed E-state index contributed by atoms with van der Waals surface area (Å²) in [7, 11) is 1.39. The van der Waals surface area contributed by atoms with Crippen LogP contribution in [0.25, 0.3) is 5.57 Å². The van der Waals surface area contributed by atoms with E-state index in [0.717, 1.165) is 35.1 Å². The number of carbonyl (C=O) groups is 2. The molecular formula is C21H24BrN3O3. The van der Waals surface area contributed by atoms with Crippen LogP contribution in [-0.4, -0.2) is 46.9 Å². The van der Waals surface area contributed by atoms with E-state index in [1.165, 1.54) is 12.7 Å². The van der Waals surface area contributed by atoms with Gasteiger partial charge in [-0.15, -0.1) is 0 Å². The number of halogens is 1. The lowest BCUT2D eigenvalue weighted by Gasteiger charge is -2.16. The molecule has 1 atom stereocenters. The number of hydrogen-bond donors (Lipinski definition) is 0. The zero-order valence-electron chi connectivity index (χ0n) is 15.9. The SMILES string of the molecule is COC(=O)C1CCN(C(=O)CCCC2=CC=C(c3ncc(Br)cn3)CC=C2)C1. The average Bonchev–Trinajstić information content (AvgIpc) is 3.09. The van der Waals surface area contributed by atoms with Crippen LogP contribution in [0.4, 0.5) is 0 Å². The maximum Gasteiger partial charge on any atom is 0.310 e. The van der Waals surface area contributed by atoms with Crippen LogP contribution in [0.15, 0.2) is 46.7 Å². The van der Waals surface area contributed by atoms with Crippen molar-refractivity contribution in [3.05, 3.63) is 52.6 Å². The van der Waals surface area contributed by atoms with Crippen molar-refractivity contribution in [1.82, 2.24) is 14.9 Å². The zero-order valence-corrected chi connectivity index (χ0v) is 17.5. The van der Waals surface area contributed by atoms with Crippen molar-refractivity contribution < 1.29 is 14.3 Å². The first kappa shape index (κ1) is 20.5. The number of rotatable bonds is 6. The second-order valence-electron chi connectivity index (χ2n) is 6.97. The van der Waals surface area contributed by atoms with Crippen molar-refractivity contribution >= 4 is 33.4 Å². The van der Waals surface area contributed by atoms with Crippen molar-refractivity contribution in [2.24, 2.45) is 5.92 Å². The lowest BCUT2D eigenvalue weighted by molar-refractivity contribution is -0.145. The molecule has 1 unspecified atom stereocenters. The number of ether oxygens (including phenoxy) is 1. The van der Waals surface area contributed by atoms with Gasteiger partial charge in [0.2, 0.25) is 5.91 Å². The molecule has 1 aliphatic heterocycles. The molecule has 6 nitrogen and oxygen atoms in total. The van der Waals surface area contributed by atoms with Gasteiger partial charge in [-0.25, -0.2) is 9.97 Å². The van der Waals surface area contributed by atoms with Crippen LogP contribution in [0.3, 0.4) is 0 Å². The van der Waals surface area contributed by atoms with Gasteiger partial charge in [-0.05, 0) is 47.2 Å². The van der Waals surface area contributed by atoms with Crippen molar-refractivity contribution in [3.63, 3.8) is 0 Å². The first-order valence-electron chi connectivity index (χ1n) is 9.46. The third-order valence-corrected chi connectivity index (χ3v) is 5.42. The average molecular weight is 446 g/mol. The van der Waals surface area contributed by atoms with Gasteiger partial charge in [-0.3, -0.25) is 9.59 Å². The molecule has 0 N–H and O–H groups in total. The topological polar surface area (TPSA) is 72.4 Å². The number of amides is 1. The Kier molecular flexibility index (Phi) is 7.14. The molecule has 3 rings (SSSR count). The van der Waals surface area contributed by atoms with Gasteiger partial charge < -0.3 is 9.64 Å². The summed E-state index contributed by atoms with van der Waals surface area (Å²) in [5, 5.41) is 0. The summed E-state index contributed by atoms with van der Waals surface area (Å²) in [5.74, 6) is 0.450. The first-order valence-corrected chi connectivity index (χ1v) is 10.3. The smallest absolute Gasteiger partial charge is 0.310 e. The van der Waals surface area contributed by atoms with Gasteiger partial charge >= 0.3 is 5.97 Å². The van der Waals surface area contributed by atoms with Gasteiger partial charge in [-0.2, -0.15) is 0 Å². The number of carbonyl (C=O) groups excluding carboxylic acids is 2. The van der Waals surface area contributed by atoms with Gasteiger partial charge in [0.05, 0.1) is 17.5 Å². The summed E-state index contributed by atoms with van der Waals surface area (Å²) in [4.78, 5) is 34.4. The Morgan fingerprint density at radius 3 is 2.82 bits per heavy atom. The Labute approximate surface area is 173 Å². The molecule has 2 heterocycles. The Balaban J connectivity index is 1.49. The summed E-state index contributed by atoms with van der Waals surface area (Å²) in [6.45, 7) is 1.12. The van der Waals surface area contributed by atoms with Crippen LogP contribution in [-0.2, 0) is 14.3 Å². The van der Waals surface area contributed by atoms with E-state index in [2.05, 4.69) is 50.2 Å². The lowest BCUT2D eigenvalue weighted by atomic mass is 10.1. The van der Waals surface area contributed by atoms with Crippen LogP contribution in [0, 0.1) is 5.92 Å². The second kappa shape index (κ2) is 9.78. The van der Waals surface area contributed by atoms with Gasteiger partial charge in [0, 0.05) is 37.5 Å². The highest BCUT2D eigenvalue weighted by atomic mass is 79.9. The molecule has 0 aromatic carbocycles. The third kappa shape index (κ3) is 5.38. The van der Waals surface area contributed by atoms with Gasteiger partial charge in [0.1, 0.15) is 0 Å². The van der Waals surface area contributed by atoms with E-state index in [0.29, 0.717) is 25.9 Å². The fourth-order valence-corrected chi connectivity index (χ4v) is 3.63. The van der Waals surface area contributed by atoms with Gasteiger partial charge in [-0.1, -0.05) is 24.3 Å². The Morgan fingerprint density at radius 1 is 1.29 bits per heavy atom. The molecular weight excluding hydrogens is 422 g/mol. The molecule has 28 heavy (non-hydrogen) atoms. The molecule has 1 aromatic heterocycles. The molecule has 1 aliphatic carbocycles. The normalized spacial score (nSPS) is 19.1. The lowest BCUT2D eigenvalue weighted by Crippen LogP contribution is -2.30. The quantitative estimate of drug-likeness (QED) is 0.624. The molecule has 1 aromatic rings. The third-order valence-electron chi connectivity index (χ3n) is 5.01. The molecule has 0 bridgehead atoms. The molecule has 0 radical (unpaired) electrons. The Bertz CT molecular complexity index is 815. The van der Waals surface area contributed by atoms with Crippen molar-refractivity contribution in [2.45, 2.75) is 32.1 Å². The van der Waals surface area contributed by atoms with Crippen LogP contribution in [0.2, 0.25) is 0 Å². The standard InChI is InChI=1S/C21H24BrN3O3/c1-28-21(27)17-10-11-25(14-17)19(26)7-3-5-15-4-2-6-16(9-8-15)20-23-12-18(22)13-24-20/h2,4,8-9,12-13,17H,3,5-7,10-11,14H2,1H3. The minimum atomic E-state index is -0.221. The molecule has 2 aliphatic rings. The summed E-state index contributed by atoms with van der Waals surface area (Å²) in [6, 6.07) is 0. The largest absolute Gasteiger partial charge is 0.469 e.